The molecule has 2 fully saturated rings. The summed E-state index contributed by atoms with van der Waals surface area (Å²) in [7, 11) is -4.07. The molecule has 0 aromatic heterocycles. The third-order valence-electron chi connectivity index (χ3n) is 6.12. The Labute approximate surface area is 199 Å². The third-order valence-corrected chi connectivity index (χ3v) is 8.26. The molecule has 2 heterocycles. The van der Waals surface area contributed by atoms with Crippen LogP contribution in [0.1, 0.15) is 44.6 Å². The van der Waals surface area contributed by atoms with Crippen LogP contribution in [-0.2, 0) is 24.3 Å². The lowest BCUT2D eigenvalue weighted by Gasteiger charge is -2.29. The van der Waals surface area contributed by atoms with E-state index in [-0.39, 0.29) is 24.0 Å². The largest absolute Gasteiger partial charge is 0.377 e. The Balaban J connectivity index is 1.67. The first-order chi connectivity index (χ1) is 15.7. The fourth-order valence-corrected chi connectivity index (χ4v) is 5.98. The molecule has 7 nitrogen and oxygen atoms in total. The molecule has 2 amide bonds. The summed E-state index contributed by atoms with van der Waals surface area (Å²) in [6.45, 7) is 4.67. The minimum Gasteiger partial charge on any atom is -0.377 e. The molecule has 2 saturated heterocycles. The van der Waals surface area contributed by atoms with E-state index in [0.29, 0.717) is 29.7 Å². The Morgan fingerprint density at radius 3 is 2.33 bits per heavy atom. The van der Waals surface area contributed by atoms with E-state index in [1.807, 2.05) is 12.1 Å². The molecule has 4 rings (SSSR count). The van der Waals surface area contributed by atoms with Crippen molar-refractivity contribution in [2.24, 2.45) is 0 Å². The lowest BCUT2D eigenvalue weighted by atomic mass is 10.0. The van der Waals surface area contributed by atoms with Gasteiger partial charge in [0.25, 0.3) is 5.91 Å². The van der Waals surface area contributed by atoms with Gasteiger partial charge in [-0.3, -0.25) is 9.59 Å². The van der Waals surface area contributed by atoms with E-state index in [0.717, 1.165) is 21.2 Å². The zero-order valence-electron chi connectivity index (χ0n) is 18.6. The molecule has 2 aromatic carbocycles. The molecule has 2 aliphatic heterocycles. The van der Waals surface area contributed by atoms with Gasteiger partial charge in [0.15, 0.2) is 0 Å². The van der Waals surface area contributed by atoms with Crippen molar-refractivity contribution in [3.63, 3.8) is 0 Å². The quantitative estimate of drug-likeness (QED) is 0.548. The van der Waals surface area contributed by atoms with Gasteiger partial charge in [-0.25, -0.2) is 13.3 Å². The lowest BCUT2D eigenvalue weighted by Crippen LogP contribution is -2.48. The molecular formula is C24H27ClN2O5S. The highest BCUT2D eigenvalue weighted by molar-refractivity contribution is 7.89. The predicted molar refractivity (Wildman–Crippen MR) is 126 cm³/mol. The van der Waals surface area contributed by atoms with Crippen molar-refractivity contribution in [2.45, 2.75) is 56.1 Å². The summed E-state index contributed by atoms with van der Waals surface area (Å²) in [5, 5.41) is 0.405. The number of sulfonamides is 1. The van der Waals surface area contributed by atoms with Crippen LogP contribution in [0.5, 0.6) is 0 Å². The number of ether oxygens (including phenoxy) is 1. The number of hydrogen-bond donors (Lipinski definition) is 0. The SMILES string of the molecule is CC(C)c1ccc(N2C(=O)CC(N(CC3CCCO3)S(=O)(=O)c3ccc(Cl)cc3)C2=O)cc1. The predicted octanol–water partition coefficient (Wildman–Crippen LogP) is 3.97. The number of benzene rings is 2. The van der Waals surface area contributed by atoms with E-state index in [1.165, 1.54) is 24.3 Å². The molecular weight excluding hydrogens is 464 g/mol. The van der Waals surface area contributed by atoms with Gasteiger partial charge in [0.05, 0.1) is 23.1 Å². The molecule has 0 bridgehead atoms. The van der Waals surface area contributed by atoms with E-state index in [2.05, 4.69) is 13.8 Å². The molecule has 0 saturated carbocycles. The van der Waals surface area contributed by atoms with E-state index in [4.69, 9.17) is 16.3 Å². The van der Waals surface area contributed by atoms with Gasteiger partial charge in [0, 0.05) is 18.2 Å². The summed E-state index contributed by atoms with van der Waals surface area (Å²) < 4.78 is 34.0. The van der Waals surface area contributed by atoms with Crippen LogP contribution >= 0.6 is 11.6 Å². The van der Waals surface area contributed by atoms with Gasteiger partial charge >= 0.3 is 0 Å². The standard InChI is InChI=1S/C24H27ClN2O5S/c1-16(2)17-5-9-19(10-6-17)27-23(28)14-22(24(27)29)26(15-20-4-3-13-32-20)33(30,31)21-11-7-18(25)8-12-21/h5-12,16,20,22H,3-4,13-15H2,1-2H3. The minimum atomic E-state index is -4.07. The molecule has 2 aromatic rings. The Morgan fingerprint density at radius 2 is 1.76 bits per heavy atom. The molecule has 0 spiro atoms. The maximum absolute atomic E-state index is 13.6. The summed E-state index contributed by atoms with van der Waals surface area (Å²) >= 11 is 5.93. The Kier molecular flexibility index (Phi) is 6.91. The van der Waals surface area contributed by atoms with Crippen LogP contribution in [0.25, 0.3) is 0 Å². The van der Waals surface area contributed by atoms with Gasteiger partial charge < -0.3 is 4.74 Å². The number of anilines is 1. The van der Waals surface area contributed by atoms with Gasteiger partial charge in [-0.1, -0.05) is 37.6 Å². The number of hydrogen-bond acceptors (Lipinski definition) is 5. The Hall–Kier alpha value is -2.26. The summed E-state index contributed by atoms with van der Waals surface area (Å²) in [4.78, 5) is 27.4. The average Bonchev–Trinajstić information content (AvgIpc) is 3.39. The normalized spacial score (nSPS) is 21.5. The average molecular weight is 491 g/mol. The second kappa shape index (κ2) is 9.54. The van der Waals surface area contributed by atoms with E-state index >= 15 is 0 Å². The van der Waals surface area contributed by atoms with E-state index in [1.54, 1.807) is 12.1 Å². The zero-order valence-corrected chi connectivity index (χ0v) is 20.2. The zero-order chi connectivity index (χ0) is 23.8. The Morgan fingerprint density at radius 1 is 1.09 bits per heavy atom. The maximum atomic E-state index is 13.6. The van der Waals surface area contributed by atoms with Gasteiger partial charge in [-0.2, -0.15) is 4.31 Å². The second-order valence-electron chi connectivity index (χ2n) is 8.70. The molecule has 2 atom stereocenters. The monoisotopic (exact) mass is 490 g/mol. The minimum absolute atomic E-state index is 0.00870. The number of halogens is 1. The van der Waals surface area contributed by atoms with Crippen molar-refractivity contribution in [1.82, 2.24) is 4.31 Å². The van der Waals surface area contributed by atoms with Gasteiger partial charge in [-0.05, 0) is 60.7 Å². The van der Waals surface area contributed by atoms with E-state index in [9.17, 15) is 18.0 Å². The van der Waals surface area contributed by atoms with Crippen molar-refractivity contribution in [3.05, 3.63) is 59.1 Å². The van der Waals surface area contributed by atoms with Crippen LogP contribution < -0.4 is 4.90 Å². The highest BCUT2D eigenvalue weighted by Gasteiger charge is 2.47. The number of amides is 2. The third kappa shape index (κ3) is 4.84. The molecule has 2 aliphatic rings. The highest BCUT2D eigenvalue weighted by Crippen LogP contribution is 2.31. The van der Waals surface area contributed by atoms with Crippen molar-refractivity contribution >= 4 is 39.1 Å². The molecule has 9 heteroatoms. The lowest BCUT2D eigenvalue weighted by molar-refractivity contribution is -0.122. The molecule has 33 heavy (non-hydrogen) atoms. The molecule has 176 valence electrons. The smallest absolute Gasteiger partial charge is 0.252 e. The molecule has 2 unspecified atom stereocenters. The Bertz CT molecular complexity index is 1130. The number of nitrogens with zero attached hydrogens (tertiary/aromatic N) is 2. The first-order valence-corrected chi connectivity index (χ1v) is 12.9. The van der Waals surface area contributed by atoms with Gasteiger partial charge in [0.1, 0.15) is 6.04 Å². The molecule has 0 radical (unpaired) electrons. The summed E-state index contributed by atoms with van der Waals surface area (Å²) in [6, 6.07) is 11.9. The fraction of sp³-hybridized carbons (Fsp3) is 0.417. The van der Waals surface area contributed by atoms with Gasteiger partial charge in [0.2, 0.25) is 15.9 Å². The van der Waals surface area contributed by atoms with Gasteiger partial charge in [-0.15, -0.1) is 0 Å². The van der Waals surface area contributed by atoms with Crippen molar-refractivity contribution in [2.75, 3.05) is 18.1 Å². The molecule has 0 aliphatic carbocycles. The number of carbonyl (C=O) groups is 2. The van der Waals surface area contributed by atoms with Crippen LogP contribution in [-0.4, -0.2) is 49.8 Å². The second-order valence-corrected chi connectivity index (χ2v) is 11.0. The van der Waals surface area contributed by atoms with Crippen LogP contribution in [0.4, 0.5) is 5.69 Å². The first kappa shape index (κ1) is 23.9. The van der Waals surface area contributed by atoms with Crippen LogP contribution in [0.15, 0.2) is 53.4 Å². The number of rotatable bonds is 7. The van der Waals surface area contributed by atoms with Crippen LogP contribution in [0.2, 0.25) is 5.02 Å². The van der Waals surface area contributed by atoms with Crippen LogP contribution in [0.3, 0.4) is 0 Å². The first-order valence-electron chi connectivity index (χ1n) is 11.0. The van der Waals surface area contributed by atoms with E-state index < -0.39 is 27.9 Å². The number of imide groups is 1. The highest BCUT2D eigenvalue weighted by atomic mass is 35.5. The maximum Gasteiger partial charge on any atom is 0.252 e. The van der Waals surface area contributed by atoms with Crippen LogP contribution in [0, 0.1) is 0 Å². The van der Waals surface area contributed by atoms with Crippen molar-refractivity contribution < 1.29 is 22.7 Å². The summed E-state index contributed by atoms with van der Waals surface area (Å²) in [5.41, 5.74) is 1.53. The fourth-order valence-electron chi connectivity index (χ4n) is 4.24. The number of carbonyl (C=O) groups excluding carboxylic acids is 2. The topological polar surface area (TPSA) is 84.0 Å². The molecule has 0 N–H and O–H groups in total. The summed E-state index contributed by atoms with van der Waals surface area (Å²) in [5.74, 6) is -0.665. The van der Waals surface area contributed by atoms with Crippen molar-refractivity contribution in [3.8, 4) is 0 Å². The summed E-state index contributed by atoms with van der Waals surface area (Å²) in [6.07, 6.45) is 0.978. The van der Waals surface area contributed by atoms with Crippen molar-refractivity contribution in [1.29, 1.82) is 0 Å².